The molecule has 12 rings (SSSR count). The van der Waals surface area contributed by atoms with Crippen LogP contribution in [0.3, 0.4) is 0 Å². The van der Waals surface area contributed by atoms with E-state index in [9.17, 15) is 0 Å². The molecule has 1 aliphatic heterocycles. The third kappa shape index (κ3) is 5.07. The van der Waals surface area contributed by atoms with E-state index >= 15 is 0 Å². The first-order chi connectivity index (χ1) is 28.2. The molecule has 0 saturated carbocycles. The van der Waals surface area contributed by atoms with Crippen LogP contribution < -0.4 is 4.74 Å². The van der Waals surface area contributed by atoms with Crippen molar-refractivity contribution >= 4 is 43.9 Å². The molecule has 6 nitrogen and oxygen atoms in total. The van der Waals surface area contributed by atoms with Crippen LogP contribution in [0.15, 0.2) is 184 Å². The number of aromatic nitrogens is 3. The SMILES string of the molecule is C1=CCC2C(=C1)Oc1cccc(-c3ccccc3-c3cccc4oc5cc(-c6nc(-c7ccccc7)nc(-c7ccc8c(c7)oc7ccccc78)n6)ccc5c34)c12. The number of nitrogens with zero attached hydrogens (tertiary/aromatic N) is 3. The normalized spacial score (nSPS) is 14.6. The third-order valence-corrected chi connectivity index (χ3v) is 11.3. The molecular formula is C51H31N3O3. The van der Waals surface area contributed by atoms with Crippen LogP contribution in [0.4, 0.5) is 0 Å². The van der Waals surface area contributed by atoms with Gasteiger partial charge in [-0.15, -0.1) is 0 Å². The monoisotopic (exact) mass is 733 g/mol. The van der Waals surface area contributed by atoms with Gasteiger partial charge in [0, 0.05) is 49.7 Å². The van der Waals surface area contributed by atoms with Crippen LogP contribution in [0.1, 0.15) is 17.9 Å². The molecule has 0 radical (unpaired) electrons. The Bertz CT molecular complexity index is 3320. The van der Waals surface area contributed by atoms with Gasteiger partial charge in [-0.2, -0.15) is 0 Å². The van der Waals surface area contributed by atoms with Gasteiger partial charge in [-0.1, -0.05) is 121 Å². The van der Waals surface area contributed by atoms with E-state index < -0.39 is 0 Å². The molecule has 0 spiro atoms. The van der Waals surface area contributed by atoms with Gasteiger partial charge in [0.05, 0.1) is 0 Å². The zero-order chi connectivity index (χ0) is 37.5. The fourth-order valence-electron chi connectivity index (χ4n) is 8.69. The van der Waals surface area contributed by atoms with Gasteiger partial charge in [-0.3, -0.25) is 0 Å². The summed E-state index contributed by atoms with van der Waals surface area (Å²) in [5.41, 5.74) is 11.7. The van der Waals surface area contributed by atoms with Crippen molar-refractivity contribution in [1.82, 2.24) is 15.0 Å². The summed E-state index contributed by atoms with van der Waals surface area (Å²) in [7, 11) is 0. The van der Waals surface area contributed by atoms with E-state index in [1.54, 1.807) is 0 Å². The number of hydrogen-bond acceptors (Lipinski definition) is 6. The van der Waals surface area contributed by atoms with Gasteiger partial charge in [0.1, 0.15) is 33.8 Å². The lowest BCUT2D eigenvalue weighted by atomic mass is 9.84. The lowest BCUT2D eigenvalue weighted by Gasteiger charge is -2.17. The maximum atomic E-state index is 6.66. The van der Waals surface area contributed by atoms with Crippen molar-refractivity contribution < 1.29 is 13.6 Å². The highest BCUT2D eigenvalue weighted by Gasteiger charge is 2.33. The fourth-order valence-corrected chi connectivity index (χ4v) is 8.69. The molecule has 1 atom stereocenters. The number of rotatable bonds is 5. The van der Waals surface area contributed by atoms with Crippen LogP contribution in [-0.4, -0.2) is 15.0 Å². The van der Waals surface area contributed by atoms with Crippen molar-refractivity contribution in [3.05, 3.63) is 181 Å². The summed E-state index contributed by atoms with van der Waals surface area (Å²) in [4.78, 5) is 15.1. The topological polar surface area (TPSA) is 74.2 Å². The van der Waals surface area contributed by atoms with Crippen LogP contribution in [-0.2, 0) is 0 Å². The van der Waals surface area contributed by atoms with Gasteiger partial charge in [0.15, 0.2) is 17.5 Å². The number of fused-ring (bicyclic) bond motifs is 9. The molecule has 0 amide bonds. The molecule has 6 heteroatoms. The highest BCUT2D eigenvalue weighted by atomic mass is 16.5. The first-order valence-corrected chi connectivity index (χ1v) is 19.2. The van der Waals surface area contributed by atoms with Gasteiger partial charge in [0.25, 0.3) is 0 Å². The van der Waals surface area contributed by atoms with Crippen LogP contribution in [0, 0.1) is 0 Å². The summed E-state index contributed by atoms with van der Waals surface area (Å²) in [5.74, 6) is 3.88. The average molecular weight is 734 g/mol. The van der Waals surface area contributed by atoms with E-state index in [1.807, 2.05) is 66.7 Å². The van der Waals surface area contributed by atoms with Gasteiger partial charge in [-0.25, -0.2) is 15.0 Å². The number of para-hydroxylation sites is 1. The molecule has 1 unspecified atom stereocenters. The Balaban J connectivity index is 0.993. The summed E-state index contributed by atoms with van der Waals surface area (Å²) >= 11 is 0. The second-order valence-corrected chi connectivity index (χ2v) is 14.6. The molecule has 7 aromatic carbocycles. The number of allylic oxidation sites excluding steroid dienone is 4. The van der Waals surface area contributed by atoms with Crippen molar-refractivity contribution in [1.29, 1.82) is 0 Å². The molecule has 3 aromatic heterocycles. The van der Waals surface area contributed by atoms with Crippen LogP contribution in [0.25, 0.3) is 100 Å². The first-order valence-electron chi connectivity index (χ1n) is 19.2. The Morgan fingerprint density at radius 1 is 0.456 bits per heavy atom. The predicted molar refractivity (Wildman–Crippen MR) is 227 cm³/mol. The molecular weight excluding hydrogens is 703 g/mol. The maximum Gasteiger partial charge on any atom is 0.164 e. The molecule has 0 bridgehead atoms. The quantitative estimate of drug-likeness (QED) is 0.175. The molecule has 57 heavy (non-hydrogen) atoms. The van der Waals surface area contributed by atoms with Crippen molar-refractivity contribution in [3.8, 4) is 62.2 Å². The van der Waals surface area contributed by atoms with Crippen LogP contribution in [0.2, 0.25) is 0 Å². The highest BCUT2D eigenvalue weighted by Crippen LogP contribution is 2.51. The smallest absolute Gasteiger partial charge is 0.164 e. The van der Waals surface area contributed by atoms with Gasteiger partial charge in [0.2, 0.25) is 0 Å². The molecule has 268 valence electrons. The van der Waals surface area contributed by atoms with Gasteiger partial charge < -0.3 is 13.6 Å². The second-order valence-electron chi connectivity index (χ2n) is 14.6. The Hall–Kier alpha value is -7.57. The minimum Gasteiger partial charge on any atom is -0.461 e. The number of hydrogen-bond donors (Lipinski definition) is 0. The lowest BCUT2D eigenvalue weighted by Crippen LogP contribution is -2.01. The van der Waals surface area contributed by atoms with E-state index in [0.717, 1.165) is 89.6 Å². The molecule has 4 heterocycles. The Morgan fingerprint density at radius 3 is 1.88 bits per heavy atom. The summed E-state index contributed by atoms with van der Waals surface area (Å²) in [6, 6.07) is 51.9. The second kappa shape index (κ2) is 12.5. The summed E-state index contributed by atoms with van der Waals surface area (Å²) in [6.07, 6.45) is 7.34. The van der Waals surface area contributed by atoms with E-state index in [1.165, 1.54) is 16.7 Å². The molecule has 0 fully saturated rings. The Labute approximate surface area is 327 Å². The minimum atomic E-state index is 0.213. The highest BCUT2D eigenvalue weighted by molar-refractivity contribution is 6.14. The van der Waals surface area contributed by atoms with Crippen LogP contribution >= 0.6 is 0 Å². The molecule has 2 aliphatic rings. The van der Waals surface area contributed by atoms with E-state index in [4.69, 9.17) is 28.5 Å². The van der Waals surface area contributed by atoms with E-state index in [0.29, 0.717) is 17.5 Å². The summed E-state index contributed by atoms with van der Waals surface area (Å²) in [6.45, 7) is 0. The van der Waals surface area contributed by atoms with Crippen molar-refractivity contribution in [2.75, 3.05) is 0 Å². The van der Waals surface area contributed by atoms with Crippen LogP contribution in [0.5, 0.6) is 5.75 Å². The Kier molecular flexibility index (Phi) is 6.95. The van der Waals surface area contributed by atoms with E-state index in [2.05, 4.69) is 103 Å². The number of benzene rings is 7. The standard InChI is InChI=1S/C51H31N3O3/c1-2-12-30(13-3-1)49-52-50(31-24-26-36-35-16-6-8-20-41(35)56-45(36)28-31)54-51(53-49)32-25-27-40-46(29-32)57-44-23-11-19-38(48(40)44)34-15-5-4-14-33(34)37-18-10-22-43-47(37)39-17-7-9-21-42(39)55-43/h1-16,18-29,39H,17H2. The molecule has 1 aliphatic carbocycles. The zero-order valence-electron chi connectivity index (χ0n) is 30.5. The molecule has 0 saturated heterocycles. The van der Waals surface area contributed by atoms with E-state index in [-0.39, 0.29) is 5.92 Å². The average Bonchev–Trinajstić information content (AvgIpc) is 3.97. The minimum absolute atomic E-state index is 0.213. The number of ether oxygens (including phenoxy) is 1. The summed E-state index contributed by atoms with van der Waals surface area (Å²) in [5, 5.41) is 4.23. The molecule has 0 N–H and O–H groups in total. The Morgan fingerprint density at radius 2 is 1.05 bits per heavy atom. The zero-order valence-corrected chi connectivity index (χ0v) is 30.5. The predicted octanol–water partition coefficient (Wildman–Crippen LogP) is 13.3. The van der Waals surface area contributed by atoms with Crippen molar-refractivity contribution in [2.24, 2.45) is 0 Å². The van der Waals surface area contributed by atoms with Gasteiger partial charge >= 0.3 is 0 Å². The molecule has 10 aromatic rings. The number of furan rings is 2. The largest absolute Gasteiger partial charge is 0.461 e. The summed E-state index contributed by atoms with van der Waals surface area (Å²) < 4.78 is 19.2. The van der Waals surface area contributed by atoms with Crippen molar-refractivity contribution in [2.45, 2.75) is 12.3 Å². The van der Waals surface area contributed by atoms with Crippen molar-refractivity contribution in [3.63, 3.8) is 0 Å². The maximum absolute atomic E-state index is 6.66. The van der Waals surface area contributed by atoms with Gasteiger partial charge in [-0.05, 0) is 77.2 Å². The fraction of sp³-hybridized carbons (Fsp3) is 0.0392. The lowest BCUT2D eigenvalue weighted by molar-refractivity contribution is 0.425. The third-order valence-electron chi connectivity index (χ3n) is 11.3. The first kappa shape index (κ1) is 31.7.